The Morgan fingerprint density at radius 1 is 1.22 bits per heavy atom. The van der Waals surface area contributed by atoms with Crippen LogP contribution in [0, 0.1) is 0 Å². The van der Waals surface area contributed by atoms with Gasteiger partial charge in [0.25, 0.3) is 0 Å². The summed E-state index contributed by atoms with van der Waals surface area (Å²) in [4.78, 5) is 4.43. The van der Waals surface area contributed by atoms with Crippen molar-refractivity contribution in [3.63, 3.8) is 0 Å². The predicted molar refractivity (Wildman–Crippen MR) is 81.2 cm³/mol. The molecule has 1 unspecified atom stereocenters. The molecule has 1 rings (SSSR count). The zero-order chi connectivity index (χ0) is 13.7. The summed E-state index contributed by atoms with van der Waals surface area (Å²) in [6, 6.07) is 6.10. The topological polar surface area (TPSA) is 26.7 Å². The molecule has 102 valence electrons. The number of nitrogens with zero attached hydrogens (tertiary/aromatic N) is 2. The Bertz CT molecular complexity index is 380. The Morgan fingerprint density at radius 2 is 1.89 bits per heavy atom. The fourth-order valence-corrected chi connectivity index (χ4v) is 2.54. The minimum absolute atomic E-state index is 0.438. The maximum Gasteiger partial charge on any atom is 0.0772 e. The Labute approximate surface area is 119 Å². The first-order valence-electron chi connectivity index (χ1n) is 6.25. The highest BCUT2D eigenvalue weighted by atomic mass is 79.9. The van der Waals surface area contributed by atoms with E-state index in [1.807, 2.05) is 6.07 Å². The summed E-state index contributed by atoms with van der Waals surface area (Å²) in [6.45, 7) is 3.90. The van der Waals surface area contributed by atoms with Gasteiger partial charge in [-0.25, -0.2) is 0 Å². The van der Waals surface area contributed by atoms with E-state index < -0.39 is 6.10 Å². The van der Waals surface area contributed by atoms with Gasteiger partial charge >= 0.3 is 0 Å². The van der Waals surface area contributed by atoms with E-state index in [0.29, 0.717) is 0 Å². The lowest BCUT2D eigenvalue weighted by atomic mass is 10.1. The molecule has 0 aliphatic carbocycles. The molecule has 0 amide bonds. The molecular formula is C14H23BrN2O. The van der Waals surface area contributed by atoms with Gasteiger partial charge in [0.1, 0.15) is 0 Å². The molecule has 0 saturated heterocycles. The summed E-state index contributed by atoms with van der Waals surface area (Å²) in [7, 11) is 6.28. The third-order valence-electron chi connectivity index (χ3n) is 2.97. The van der Waals surface area contributed by atoms with Crippen LogP contribution in [0.4, 0.5) is 5.69 Å². The molecule has 1 atom stereocenters. The molecule has 0 radical (unpaired) electrons. The average Bonchev–Trinajstić information content (AvgIpc) is 2.27. The first-order valence-corrected chi connectivity index (χ1v) is 7.04. The second-order valence-electron chi connectivity index (χ2n) is 4.96. The molecule has 0 aliphatic rings. The second kappa shape index (κ2) is 7.12. The van der Waals surface area contributed by atoms with Gasteiger partial charge < -0.3 is 14.9 Å². The van der Waals surface area contributed by atoms with Crippen molar-refractivity contribution in [3.05, 3.63) is 28.2 Å². The zero-order valence-electron chi connectivity index (χ0n) is 11.7. The van der Waals surface area contributed by atoms with Gasteiger partial charge in [0.2, 0.25) is 0 Å². The molecule has 4 heteroatoms. The molecule has 0 aliphatic heterocycles. The number of benzene rings is 1. The normalized spacial score (nSPS) is 12.8. The number of halogens is 1. The van der Waals surface area contributed by atoms with E-state index in [2.05, 4.69) is 59.0 Å². The summed E-state index contributed by atoms with van der Waals surface area (Å²) in [5, 5.41) is 9.59. The quantitative estimate of drug-likeness (QED) is 0.874. The van der Waals surface area contributed by atoms with E-state index in [9.17, 15) is 5.11 Å². The number of hydrogen-bond donors (Lipinski definition) is 1. The van der Waals surface area contributed by atoms with Crippen LogP contribution in [0.2, 0.25) is 0 Å². The Morgan fingerprint density at radius 3 is 2.39 bits per heavy atom. The predicted octanol–water partition coefficient (Wildman–Crippen LogP) is 2.89. The van der Waals surface area contributed by atoms with Crippen LogP contribution in [0.25, 0.3) is 0 Å². The molecule has 1 aromatic carbocycles. The second-order valence-corrected chi connectivity index (χ2v) is 5.81. The van der Waals surface area contributed by atoms with E-state index in [1.54, 1.807) is 6.92 Å². The Hall–Kier alpha value is -0.580. The molecule has 1 aromatic rings. The van der Waals surface area contributed by atoms with Gasteiger partial charge in [-0.2, -0.15) is 0 Å². The van der Waals surface area contributed by atoms with Crippen LogP contribution >= 0.6 is 15.9 Å². The SMILES string of the molecule is CC(O)c1ccc(N(C)CCCN(C)C)cc1Br. The standard InChI is InChI=1S/C14H23BrN2O/c1-11(18)13-7-6-12(10-14(13)15)17(4)9-5-8-16(2)3/h6-7,10-11,18H,5,8-9H2,1-4H3. The van der Waals surface area contributed by atoms with Gasteiger partial charge in [-0.1, -0.05) is 22.0 Å². The van der Waals surface area contributed by atoms with Crippen molar-refractivity contribution in [1.82, 2.24) is 4.90 Å². The van der Waals surface area contributed by atoms with Gasteiger partial charge in [0.05, 0.1) is 6.10 Å². The van der Waals surface area contributed by atoms with Crippen LogP contribution < -0.4 is 4.90 Å². The first-order chi connectivity index (χ1) is 8.41. The number of aliphatic hydroxyl groups excluding tert-OH is 1. The van der Waals surface area contributed by atoms with Crippen molar-refractivity contribution in [3.8, 4) is 0 Å². The van der Waals surface area contributed by atoms with Crippen molar-refractivity contribution in [1.29, 1.82) is 0 Å². The minimum atomic E-state index is -0.438. The summed E-state index contributed by atoms with van der Waals surface area (Å²) in [5.74, 6) is 0. The Kier molecular flexibility index (Phi) is 6.12. The number of hydrogen-bond acceptors (Lipinski definition) is 3. The molecule has 0 heterocycles. The fraction of sp³-hybridized carbons (Fsp3) is 0.571. The van der Waals surface area contributed by atoms with E-state index in [4.69, 9.17) is 0 Å². The molecule has 0 aromatic heterocycles. The van der Waals surface area contributed by atoms with Crippen molar-refractivity contribution < 1.29 is 5.11 Å². The van der Waals surface area contributed by atoms with E-state index in [0.717, 1.165) is 29.5 Å². The van der Waals surface area contributed by atoms with E-state index in [-0.39, 0.29) is 0 Å². The number of rotatable bonds is 6. The molecule has 3 nitrogen and oxygen atoms in total. The highest BCUT2D eigenvalue weighted by Gasteiger charge is 2.08. The van der Waals surface area contributed by atoms with Crippen molar-refractivity contribution in [2.45, 2.75) is 19.4 Å². The van der Waals surface area contributed by atoms with E-state index in [1.165, 1.54) is 5.69 Å². The highest BCUT2D eigenvalue weighted by Crippen LogP contribution is 2.27. The lowest BCUT2D eigenvalue weighted by molar-refractivity contribution is 0.198. The van der Waals surface area contributed by atoms with Crippen LogP contribution in [0.3, 0.4) is 0 Å². The third-order valence-corrected chi connectivity index (χ3v) is 3.66. The van der Waals surface area contributed by atoms with Gasteiger partial charge in [-0.15, -0.1) is 0 Å². The first kappa shape index (κ1) is 15.5. The van der Waals surface area contributed by atoms with Crippen molar-refractivity contribution in [2.75, 3.05) is 39.1 Å². The lowest BCUT2D eigenvalue weighted by Gasteiger charge is -2.21. The highest BCUT2D eigenvalue weighted by molar-refractivity contribution is 9.10. The van der Waals surface area contributed by atoms with Gasteiger partial charge in [-0.3, -0.25) is 0 Å². The maximum absolute atomic E-state index is 9.59. The van der Waals surface area contributed by atoms with Gasteiger partial charge in [0, 0.05) is 23.8 Å². The van der Waals surface area contributed by atoms with E-state index >= 15 is 0 Å². The van der Waals surface area contributed by atoms with Gasteiger partial charge in [-0.05, 0) is 51.7 Å². The lowest BCUT2D eigenvalue weighted by Crippen LogP contribution is -2.23. The Balaban J connectivity index is 2.63. The van der Waals surface area contributed by atoms with Crippen molar-refractivity contribution in [2.24, 2.45) is 0 Å². The largest absolute Gasteiger partial charge is 0.389 e. The summed E-state index contributed by atoms with van der Waals surface area (Å²) in [5.41, 5.74) is 2.10. The smallest absolute Gasteiger partial charge is 0.0772 e. The number of anilines is 1. The summed E-state index contributed by atoms with van der Waals surface area (Å²) < 4.78 is 0.967. The molecule has 18 heavy (non-hydrogen) atoms. The van der Waals surface area contributed by atoms with Crippen LogP contribution in [0.15, 0.2) is 22.7 Å². The van der Waals surface area contributed by atoms with Crippen LogP contribution in [-0.2, 0) is 0 Å². The fourth-order valence-electron chi connectivity index (χ4n) is 1.85. The monoisotopic (exact) mass is 314 g/mol. The molecule has 0 saturated carbocycles. The van der Waals surface area contributed by atoms with Gasteiger partial charge in [0.15, 0.2) is 0 Å². The number of aliphatic hydroxyl groups is 1. The average molecular weight is 315 g/mol. The van der Waals surface area contributed by atoms with Crippen LogP contribution in [-0.4, -0.2) is 44.2 Å². The molecule has 1 N–H and O–H groups in total. The molecule has 0 spiro atoms. The van der Waals surface area contributed by atoms with Crippen molar-refractivity contribution >= 4 is 21.6 Å². The van der Waals surface area contributed by atoms with Crippen LogP contribution in [0.5, 0.6) is 0 Å². The van der Waals surface area contributed by atoms with Crippen LogP contribution in [0.1, 0.15) is 25.0 Å². The molecule has 0 bridgehead atoms. The molecule has 0 fully saturated rings. The third kappa shape index (κ3) is 4.59. The zero-order valence-corrected chi connectivity index (χ0v) is 13.2. The summed E-state index contributed by atoms with van der Waals surface area (Å²) >= 11 is 3.51. The maximum atomic E-state index is 9.59. The molecular weight excluding hydrogens is 292 g/mol. The minimum Gasteiger partial charge on any atom is -0.389 e. The summed E-state index contributed by atoms with van der Waals surface area (Å²) in [6.07, 6.45) is 0.701.